The number of fused-ring (bicyclic) bond motifs is 2. The highest BCUT2D eigenvalue weighted by Gasteiger charge is 2.39. The molecule has 2 fully saturated rings. The van der Waals surface area contributed by atoms with Crippen molar-refractivity contribution >= 4 is 15.9 Å². The normalized spacial score (nSPS) is 30.8. The van der Waals surface area contributed by atoms with Crippen molar-refractivity contribution in [3.63, 3.8) is 0 Å². The molecule has 3 heteroatoms. The van der Waals surface area contributed by atoms with Crippen molar-refractivity contribution in [2.24, 2.45) is 17.8 Å². The summed E-state index contributed by atoms with van der Waals surface area (Å²) in [5, 5.41) is 10.2. The summed E-state index contributed by atoms with van der Waals surface area (Å²) >= 11 is 3.35. The number of benzene rings is 1. The van der Waals surface area contributed by atoms with Crippen LogP contribution in [0, 0.1) is 23.6 Å². The smallest absolute Gasteiger partial charge is 0.126 e. The molecule has 2 bridgehead atoms. The second-order valence-corrected chi connectivity index (χ2v) is 7.18. The molecule has 1 aromatic rings. The zero-order chi connectivity index (χ0) is 13.4. The van der Waals surface area contributed by atoms with Crippen LogP contribution in [0.5, 0.6) is 0 Å². The Morgan fingerprint density at radius 2 is 2.16 bits per heavy atom. The van der Waals surface area contributed by atoms with Gasteiger partial charge in [-0.15, -0.1) is 0 Å². The van der Waals surface area contributed by atoms with E-state index >= 15 is 0 Å². The maximum absolute atomic E-state index is 13.7. The first-order chi connectivity index (χ1) is 9.11. The molecule has 1 aromatic carbocycles. The zero-order valence-electron chi connectivity index (χ0n) is 11.0. The Labute approximate surface area is 122 Å². The fraction of sp³-hybridized carbons (Fsp3) is 0.625. The van der Waals surface area contributed by atoms with E-state index in [4.69, 9.17) is 0 Å². The predicted molar refractivity (Wildman–Crippen MR) is 77.4 cm³/mol. The van der Waals surface area contributed by atoms with Gasteiger partial charge in [0.2, 0.25) is 0 Å². The number of halogens is 2. The molecule has 4 unspecified atom stereocenters. The minimum atomic E-state index is -0.409. The molecule has 0 radical (unpaired) electrons. The molecule has 3 rings (SSSR count). The fourth-order valence-corrected chi connectivity index (χ4v) is 4.46. The highest BCUT2D eigenvalue weighted by atomic mass is 79.9. The Bertz CT molecular complexity index is 462. The van der Waals surface area contributed by atoms with E-state index in [0.717, 1.165) is 22.7 Å². The first-order valence-electron chi connectivity index (χ1n) is 7.24. The summed E-state index contributed by atoms with van der Waals surface area (Å²) in [5.41, 5.74) is 0.616. The molecule has 0 aromatic heterocycles. The van der Waals surface area contributed by atoms with Gasteiger partial charge in [-0.1, -0.05) is 22.4 Å². The maximum atomic E-state index is 13.7. The quantitative estimate of drug-likeness (QED) is 0.873. The van der Waals surface area contributed by atoms with E-state index in [1.165, 1.54) is 31.7 Å². The molecule has 0 saturated heterocycles. The lowest BCUT2D eigenvalue weighted by Crippen LogP contribution is -2.20. The second kappa shape index (κ2) is 5.53. The maximum Gasteiger partial charge on any atom is 0.126 e. The molecular weight excluding hydrogens is 307 g/mol. The van der Waals surface area contributed by atoms with E-state index in [2.05, 4.69) is 15.9 Å². The average molecular weight is 327 g/mol. The van der Waals surface area contributed by atoms with Crippen molar-refractivity contribution in [2.75, 3.05) is 0 Å². The average Bonchev–Trinajstić information content (AvgIpc) is 2.96. The second-order valence-electron chi connectivity index (χ2n) is 6.26. The summed E-state index contributed by atoms with van der Waals surface area (Å²) in [5.74, 6) is 2.19. The van der Waals surface area contributed by atoms with E-state index in [0.29, 0.717) is 17.9 Å². The predicted octanol–water partition coefficient (Wildman–Crippen LogP) is 4.32. The van der Waals surface area contributed by atoms with Crippen LogP contribution in [0.1, 0.15) is 37.7 Å². The van der Waals surface area contributed by atoms with Crippen LogP contribution in [0.3, 0.4) is 0 Å². The third-order valence-corrected chi connectivity index (χ3v) is 5.42. The Kier molecular flexibility index (Phi) is 3.95. The van der Waals surface area contributed by atoms with Crippen LogP contribution in [0.25, 0.3) is 0 Å². The molecule has 0 amide bonds. The topological polar surface area (TPSA) is 20.2 Å². The minimum absolute atomic E-state index is 0.213. The van der Waals surface area contributed by atoms with Crippen molar-refractivity contribution in [1.29, 1.82) is 0 Å². The van der Waals surface area contributed by atoms with Gasteiger partial charge in [0, 0.05) is 10.9 Å². The van der Waals surface area contributed by atoms with Crippen molar-refractivity contribution < 1.29 is 9.50 Å². The number of rotatable bonds is 4. The third kappa shape index (κ3) is 3.03. The lowest BCUT2D eigenvalue weighted by molar-refractivity contribution is 0.124. The van der Waals surface area contributed by atoms with Crippen LogP contribution in [0.15, 0.2) is 22.7 Å². The van der Waals surface area contributed by atoms with Gasteiger partial charge in [0.15, 0.2) is 0 Å². The summed E-state index contributed by atoms with van der Waals surface area (Å²) in [6, 6.07) is 4.93. The van der Waals surface area contributed by atoms with E-state index in [-0.39, 0.29) is 5.82 Å². The van der Waals surface area contributed by atoms with Gasteiger partial charge in [-0.25, -0.2) is 4.39 Å². The number of aliphatic hydroxyl groups is 1. The van der Waals surface area contributed by atoms with Crippen LogP contribution >= 0.6 is 15.9 Å². The summed E-state index contributed by atoms with van der Waals surface area (Å²) in [6.07, 6.45) is 6.23. The third-order valence-electron chi connectivity index (χ3n) is 4.92. The van der Waals surface area contributed by atoms with Gasteiger partial charge < -0.3 is 5.11 Å². The SMILES string of the molecule is OC(Cc1cc(Br)ccc1F)CC1CC2CCC1C2. The van der Waals surface area contributed by atoms with Gasteiger partial charge in [-0.2, -0.15) is 0 Å². The summed E-state index contributed by atoms with van der Waals surface area (Å²) in [4.78, 5) is 0. The van der Waals surface area contributed by atoms with E-state index in [9.17, 15) is 9.50 Å². The summed E-state index contributed by atoms with van der Waals surface area (Å²) in [7, 11) is 0. The van der Waals surface area contributed by atoms with Gasteiger partial charge in [0.05, 0.1) is 6.10 Å². The largest absolute Gasteiger partial charge is 0.393 e. The van der Waals surface area contributed by atoms with E-state index in [1.54, 1.807) is 12.1 Å². The number of hydrogen-bond donors (Lipinski definition) is 1. The monoisotopic (exact) mass is 326 g/mol. The molecule has 2 aliphatic carbocycles. The lowest BCUT2D eigenvalue weighted by atomic mass is 9.84. The summed E-state index contributed by atoms with van der Waals surface area (Å²) in [6.45, 7) is 0. The van der Waals surface area contributed by atoms with Crippen molar-refractivity contribution in [1.82, 2.24) is 0 Å². The van der Waals surface area contributed by atoms with Gasteiger partial charge in [-0.3, -0.25) is 0 Å². The number of aliphatic hydroxyl groups excluding tert-OH is 1. The van der Waals surface area contributed by atoms with Crippen LogP contribution in [0.2, 0.25) is 0 Å². The highest BCUT2D eigenvalue weighted by Crippen LogP contribution is 2.50. The van der Waals surface area contributed by atoms with Gasteiger partial charge in [0.1, 0.15) is 5.82 Å². The van der Waals surface area contributed by atoms with Gasteiger partial charge in [-0.05, 0) is 67.2 Å². The van der Waals surface area contributed by atoms with Gasteiger partial charge in [0.25, 0.3) is 0 Å². The Morgan fingerprint density at radius 1 is 1.32 bits per heavy atom. The van der Waals surface area contributed by atoms with Crippen molar-refractivity contribution in [3.8, 4) is 0 Å². The first kappa shape index (κ1) is 13.6. The highest BCUT2D eigenvalue weighted by molar-refractivity contribution is 9.10. The molecule has 1 N–H and O–H groups in total. The Hall–Kier alpha value is -0.410. The molecule has 104 valence electrons. The molecule has 2 saturated carbocycles. The molecule has 2 aliphatic rings. The molecule has 19 heavy (non-hydrogen) atoms. The standard InChI is InChI=1S/C16H20BrFO/c17-14-3-4-16(18)13(7-14)9-15(19)8-12-6-10-1-2-11(12)5-10/h3-4,7,10-12,15,19H,1-2,5-6,8-9H2. The van der Waals surface area contributed by atoms with Crippen molar-refractivity contribution in [3.05, 3.63) is 34.1 Å². The molecule has 4 atom stereocenters. The van der Waals surface area contributed by atoms with Crippen molar-refractivity contribution in [2.45, 2.75) is 44.6 Å². The van der Waals surface area contributed by atoms with Crippen LogP contribution in [0.4, 0.5) is 4.39 Å². The molecule has 0 heterocycles. The fourth-order valence-electron chi connectivity index (χ4n) is 4.05. The molecule has 0 aliphatic heterocycles. The van der Waals surface area contributed by atoms with E-state index < -0.39 is 6.10 Å². The van der Waals surface area contributed by atoms with Crippen LogP contribution < -0.4 is 0 Å². The Morgan fingerprint density at radius 3 is 2.84 bits per heavy atom. The minimum Gasteiger partial charge on any atom is -0.393 e. The molecular formula is C16H20BrFO. The summed E-state index contributed by atoms with van der Waals surface area (Å²) < 4.78 is 14.5. The molecule has 0 spiro atoms. The number of hydrogen-bond acceptors (Lipinski definition) is 1. The van der Waals surface area contributed by atoms with E-state index in [1.807, 2.05) is 0 Å². The zero-order valence-corrected chi connectivity index (χ0v) is 12.6. The lowest BCUT2D eigenvalue weighted by Gasteiger charge is -2.24. The van der Waals surface area contributed by atoms with Crippen LogP contribution in [-0.4, -0.2) is 11.2 Å². The van der Waals surface area contributed by atoms with Gasteiger partial charge >= 0.3 is 0 Å². The Balaban J connectivity index is 1.59. The molecule has 1 nitrogen and oxygen atoms in total. The van der Waals surface area contributed by atoms with Crippen LogP contribution in [-0.2, 0) is 6.42 Å². The first-order valence-corrected chi connectivity index (χ1v) is 8.03.